The molecule has 2 aliphatic heterocycles. The third-order valence-electron chi connectivity index (χ3n) is 10.1. The van der Waals surface area contributed by atoms with Crippen LogP contribution in [0.3, 0.4) is 0 Å². The first-order valence-electron chi connectivity index (χ1n) is 16.8. The van der Waals surface area contributed by atoms with E-state index in [9.17, 15) is 0 Å². The molecule has 2 heterocycles. The molecule has 7 aromatic rings. The summed E-state index contributed by atoms with van der Waals surface area (Å²) in [5, 5.41) is 0. The Balaban J connectivity index is 1.31. The molecular weight excluding hydrogens is 579 g/mol. The molecule has 7 aromatic carbocycles. The van der Waals surface area contributed by atoms with E-state index in [2.05, 4.69) is 188 Å². The average Bonchev–Trinajstić information content (AvgIpc) is 3.12. The molecule has 0 aliphatic carbocycles. The van der Waals surface area contributed by atoms with E-state index in [0.29, 0.717) is 0 Å². The van der Waals surface area contributed by atoms with Gasteiger partial charge >= 0.3 is 0 Å². The van der Waals surface area contributed by atoms with Crippen LogP contribution in [-0.2, 0) is 0 Å². The fourth-order valence-electron chi connectivity index (χ4n) is 7.64. The number of hydrogen-bond donors (Lipinski definition) is 0. The second-order valence-electron chi connectivity index (χ2n) is 13.3. The van der Waals surface area contributed by atoms with Crippen LogP contribution in [0.1, 0.15) is 16.7 Å². The maximum Gasteiger partial charge on any atom is 0.252 e. The van der Waals surface area contributed by atoms with Crippen molar-refractivity contribution in [2.24, 2.45) is 0 Å². The Hall–Kier alpha value is -5.80. The number of anilines is 6. The van der Waals surface area contributed by atoms with E-state index in [-0.39, 0.29) is 6.71 Å². The van der Waals surface area contributed by atoms with Gasteiger partial charge in [0.2, 0.25) is 0 Å². The number of aryl methyl sites for hydroxylation is 3. The molecule has 0 fully saturated rings. The quantitative estimate of drug-likeness (QED) is 0.182. The Morgan fingerprint density at radius 3 is 1.52 bits per heavy atom. The molecule has 0 unspecified atom stereocenters. The molecule has 9 rings (SSSR count). The molecule has 2 nitrogen and oxygen atoms in total. The van der Waals surface area contributed by atoms with Crippen LogP contribution in [0.15, 0.2) is 158 Å². The lowest BCUT2D eigenvalue weighted by Gasteiger charge is -2.44. The second-order valence-corrected chi connectivity index (χ2v) is 13.3. The lowest BCUT2D eigenvalue weighted by atomic mass is 9.33. The van der Waals surface area contributed by atoms with Crippen molar-refractivity contribution in [1.82, 2.24) is 0 Å². The molecule has 0 amide bonds. The normalized spacial score (nSPS) is 12.8. The smallest absolute Gasteiger partial charge is 0.252 e. The molecule has 3 heteroatoms. The second kappa shape index (κ2) is 11.2. The number of para-hydroxylation sites is 1. The molecule has 48 heavy (non-hydrogen) atoms. The number of hydrogen-bond acceptors (Lipinski definition) is 2. The van der Waals surface area contributed by atoms with Gasteiger partial charge in [0.15, 0.2) is 0 Å². The van der Waals surface area contributed by atoms with Gasteiger partial charge in [-0.2, -0.15) is 0 Å². The van der Waals surface area contributed by atoms with Gasteiger partial charge in [-0.3, -0.25) is 0 Å². The van der Waals surface area contributed by atoms with Crippen LogP contribution in [0.4, 0.5) is 34.1 Å². The summed E-state index contributed by atoms with van der Waals surface area (Å²) < 4.78 is 0. The van der Waals surface area contributed by atoms with Gasteiger partial charge in [-0.25, -0.2) is 0 Å². The van der Waals surface area contributed by atoms with Crippen molar-refractivity contribution in [2.75, 3.05) is 9.80 Å². The highest BCUT2D eigenvalue weighted by Crippen LogP contribution is 2.44. The zero-order valence-electron chi connectivity index (χ0n) is 27.5. The topological polar surface area (TPSA) is 6.48 Å². The monoisotopic (exact) mass is 614 g/mol. The summed E-state index contributed by atoms with van der Waals surface area (Å²) in [4.78, 5) is 4.95. The van der Waals surface area contributed by atoms with Gasteiger partial charge in [-0.15, -0.1) is 0 Å². The first-order valence-corrected chi connectivity index (χ1v) is 16.8. The van der Waals surface area contributed by atoms with Gasteiger partial charge in [-0.05, 0) is 108 Å². The molecule has 0 saturated carbocycles. The third kappa shape index (κ3) is 4.58. The van der Waals surface area contributed by atoms with Crippen LogP contribution in [-0.4, -0.2) is 6.71 Å². The molecule has 0 atom stereocenters. The Kier molecular flexibility index (Phi) is 6.62. The van der Waals surface area contributed by atoms with Gasteiger partial charge in [0.05, 0.1) is 0 Å². The van der Waals surface area contributed by atoms with Gasteiger partial charge in [-0.1, -0.05) is 126 Å². The van der Waals surface area contributed by atoms with Crippen molar-refractivity contribution in [3.63, 3.8) is 0 Å². The minimum Gasteiger partial charge on any atom is -0.311 e. The summed E-state index contributed by atoms with van der Waals surface area (Å²) in [5.74, 6) is 0. The first kappa shape index (κ1) is 28.4. The van der Waals surface area contributed by atoms with Crippen molar-refractivity contribution in [3.8, 4) is 22.3 Å². The third-order valence-corrected chi connectivity index (χ3v) is 10.1. The van der Waals surface area contributed by atoms with E-state index in [0.717, 1.165) is 5.69 Å². The summed E-state index contributed by atoms with van der Waals surface area (Å²) in [6, 6.07) is 58.6. The Morgan fingerprint density at radius 2 is 0.854 bits per heavy atom. The highest BCUT2D eigenvalue weighted by molar-refractivity contribution is 7.00. The zero-order chi connectivity index (χ0) is 32.4. The van der Waals surface area contributed by atoms with E-state index < -0.39 is 0 Å². The van der Waals surface area contributed by atoms with Crippen LogP contribution in [0.5, 0.6) is 0 Å². The van der Waals surface area contributed by atoms with Crippen molar-refractivity contribution in [2.45, 2.75) is 20.8 Å². The predicted molar refractivity (Wildman–Crippen MR) is 206 cm³/mol. The van der Waals surface area contributed by atoms with Gasteiger partial charge < -0.3 is 9.80 Å². The lowest BCUT2D eigenvalue weighted by Crippen LogP contribution is -2.61. The zero-order valence-corrected chi connectivity index (χ0v) is 27.5. The summed E-state index contributed by atoms with van der Waals surface area (Å²) in [5.41, 5.74) is 19.9. The molecular formula is C45H35BN2. The standard InChI is InChI=1S/C45H35BN2/c1-30-14-20-33(21-15-30)35-8-6-9-38(28-35)48-42-27-24-36(34-22-16-31(2)17-23-34)29-40(42)46-39-10-4-5-11-41(39)47(37-25-18-32(3)19-26-37)43-12-7-13-44(48)45(43)46/h4-29H,1-3H3. The predicted octanol–water partition coefficient (Wildman–Crippen LogP) is 10.0. The molecule has 0 radical (unpaired) electrons. The SMILES string of the molecule is Cc1ccc(-c2cccc(N3c4ccc(-c5ccc(C)cc5)cc4B4c5ccccc5N(c5ccc(C)cc5)c5cccc3c54)c2)cc1. The first-order chi connectivity index (χ1) is 23.5. The minimum atomic E-state index is 0.0889. The minimum absolute atomic E-state index is 0.0889. The van der Waals surface area contributed by atoms with E-state index in [1.165, 1.54) is 83.8 Å². The fourth-order valence-corrected chi connectivity index (χ4v) is 7.64. The Bertz CT molecular complexity index is 2320. The number of fused-ring (bicyclic) bond motifs is 4. The molecule has 0 bridgehead atoms. The van der Waals surface area contributed by atoms with Crippen molar-refractivity contribution in [1.29, 1.82) is 0 Å². The number of benzene rings is 7. The van der Waals surface area contributed by atoms with Crippen molar-refractivity contribution >= 4 is 57.2 Å². The maximum absolute atomic E-state index is 2.49. The highest BCUT2D eigenvalue weighted by Gasteiger charge is 2.43. The average molecular weight is 615 g/mol. The number of nitrogens with zero attached hydrogens (tertiary/aromatic N) is 2. The van der Waals surface area contributed by atoms with E-state index >= 15 is 0 Å². The largest absolute Gasteiger partial charge is 0.311 e. The van der Waals surface area contributed by atoms with E-state index in [1.54, 1.807) is 0 Å². The van der Waals surface area contributed by atoms with Crippen LogP contribution >= 0.6 is 0 Å². The molecule has 0 spiro atoms. The number of rotatable bonds is 4. The highest BCUT2D eigenvalue weighted by atomic mass is 15.2. The summed E-state index contributed by atoms with van der Waals surface area (Å²) in [7, 11) is 0. The van der Waals surface area contributed by atoms with Crippen molar-refractivity contribution < 1.29 is 0 Å². The van der Waals surface area contributed by atoms with Crippen molar-refractivity contribution in [3.05, 3.63) is 174 Å². The fraction of sp³-hybridized carbons (Fsp3) is 0.0667. The summed E-state index contributed by atoms with van der Waals surface area (Å²) in [6.45, 7) is 6.53. The maximum atomic E-state index is 2.49. The molecule has 228 valence electrons. The van der Waals surface area contributed by atoms with E-state index in [1.807, 2.05) is 0 Å². The summed E-state index contributed by atoms with van der Waals surface area (Å²) >= 11 is 0. The van der Waals surface area contributed by atoms with Gasteiger partial charge in [0.25, 0.3) is 6.71 Å². The van der Waals surface area contributed by atoms with Gasteiger partial charge in [0.1, 0.15) is 0 Å². The molecule has 2 aliphatic rings. The summed E-state index contributed by atoms with van der Waals surface area (Å²) in [6.07, 6.45) is 0. The molecule has 0 saturated heterocycles. The van der Waals surface area contributed by atoms with Crippen LogP contribution in [0.2, 0.25) is 0 Å². The Morgan fingerprint density at radius 1 is 0.354 bits per heavy atom. The van der Waals surface area contributed by atoms with Crippen LogP contribution in [0.25, 0.3) is 22.3 Å². The van der Waals surface area contributed by atoms with Crippen LogP contribution < -0.4 is 26.2 Å². The van der Waals surface area contributed by atoms with E-state index in [4.69, 9.17) is 0 Å². The van der Waals surface area contributed by atoms with Crippen LogP contribution in [0, 0.1) is 20.8 Å². The Labute approximate surface area is 283 Å². The van der Waals surface area contributed by atoms with Gasteiger partial charge in [0, 0.05) is 34.1 Å². The molecule has 0 aromatic heterocycles. The lowest BCUT2D eigenvalue weighted by molar-refractivity contribution is 1.25. The molecule has 0 N–H and O–H groups in total.